The fourth-order valence-electron chi connectivity index (χ4n) is 1.55. The molecule has 1 heterocycles. The maximum atomic E-state index is 12.1. The molecule has 7 heteroatoms. The zero-order valence-corrected chi connectivity index (χ0v) is 12.1. The second-order valence-corrected chi connectivity index (χ2v) is 5.56. The maximum absolute atomic E-state index is 12.1. The van der Waals surface area contributed by atoms with Crippen LogP contribution in [0.3, 0.4) is 0 Å². The molecular formula is C12H23N5OS. The number of aromatic nitrogens is 2. The summed E-state index contributed by atoms with van der Waals surface area (Å²) in [6.07, 6.45) is 4.81. The van der Waals surface area contributed by atoms with Crippen LogP contribution in [0.1, 0.15) is 19.0 Å². The molecule has 0 fully saturated rings. The van der Waals surface area contributed by atoms with Crippen molar-refractivity contribution in [1.29, 1.82) is 0 Å². The molecule has 1 unspecified atom stereocenters. The van der Waals surface area contributed by atoms with Crippen LogP contribution >= 0.6 is 11.8 Å². The van der Waals surface area contributed by atoms with Crippen LogP contribution in [0.25, 0.3) is 0 Å². The number of rotatable bonds is 9. The number of hydrogen-bond donors (Lipinski definition) is 4. The molecule has 6 nitrogen and oxygen atoms in total. The number of carbonyl (C=O) groups excluding carboxylic acids is 1. The number of carbonyl (C=O) groups is 1. The van der Waals surface area contributed by atoms with Crippen LogP contribution in [0.5, 0.6) is 0 Å². The molecule has 108 valence electrons. The molecule has 0 aromatic carbocycles. The predicted octanol–water partition coefficient (Wildman–Crippen LogP) is -0.134. The summed E-state index contributed by atoms with van der Waals surface area (Å²) in [5, 5.41) is 3.36. The molecule has 0 aliphatic heterocycles. The second-order valence-electron chi connectivity index (χ2n) is 4.54. The van der Waals surface area contributed by atoms with Gasteiger partial charge in [-0.15, -0.1) is 0 Å². The highest BCUT2D eigenvalue weighted by Gasteiger charge is 2.19. The summed E-state index contributed by atoms with van der Waals surface area (Å²) in [6.45, 7) is 3.25. The second kappa shape index (κ2) is 9.08. The molecule has 0 aliphatic rings. The lowest BCUT2D eigenvalue weighted by Gasteiger charge is -2.17. The van der Waals surface area contributed by atoms with Crippen molar-refractivity contribution >= 4 is 16.9 Å². The Morgan fingerprint density at radius 3 is 3.00 bits per heavy atom. The standard InChI is InChI=1S/C12H23N5OS/c1-9(14)7-19-12(18)11(16-4-2-3-13)5-10-6-15-8-17-10/h6,8-9,11,16H,2-5,7,13-14H2,1H3,(H,15,17)/t9?,11-/m0/s1. The molecule has 19 heavy (non-hydrogen) atoms. The van der Waals surface area contributed by atoms with E-state index >= 15 is 0 Å². The van der Waals surface area contributed by atoms with Gasteiger partial charge < -0.3 is 21.8 Å². The van der Waals surface area contributed by atoms with Gasteiger partial charge in [0.05, 0.1) is 12.4 Å². The topological polar surface area (TPSA) is 110 Å². The third-order valence-electron chi connectivity index (χ3n) is 2.52. The van der Waals surface area contributed by atoms with Gasteiger partial charge in [-0.2, -0.15) is 0 Å². The Morgan fingerprint density at radius 1 is 1.63 bits per heavy atom. The summed E-state index contributed by atoms with van der Waals surface area (Å²) in [5.41, 5.74) is 12.1. The van der Waals surface area contributed by atoms with Crippen LogP contribution in [0, 0.1) is 0 Å². The first-order valence-corrected chi connectivity index (χ1v) is 7.45. The molecule has 0 saturated carbocycles. The summed E-state index contributed by atoms with van der Waals surface area (Å²) < 4.78 is 0. The Labute approximate surface area is 118 Å². The van der Waals surface area contributed by atoms with Gasteiger partial charge in [0.15, 0.2) is 0 Å². The normalized spacial score (nSPS) is 14.3. The third-order valence-corrected chi connectivity index (χ3v) is 3.79. The fourth-order valence-corrected chi connectivity index (χ4v) is 2.34. The Hall–Kier alpha value is -0.890. The van der Waals surface area contributed by atoms with Gasteiger partial charge in [0.1, 0.15) is 0 Å². The van der Waals surface area contributed by atoms with Gasteiger partial charge in [-0.1, -0.05) is 11.8 Å². The van der Waals surface area contributed by atoms with Crippen molar-refractivity contribution in [1.82, 2.24) is 15.3 Å². The van der Waals surface area contributed by atoms with Crippen LogP contribution in [0.2, 0.25) is 0 Å². The van der Waals surface area contributed by atoms with Gasteiger partial charge in [0.2, 0.25) is 5.12 Å². The molecule has 0 saturated heterocycles. The van der Waals surface area contributed by atoms with E-state index in [9.17, 15) is 4.79 Å². The van der Waals surface area contributed by atoms with E-state index in [4.69, 9.17) is 11.5 Å². The number of imidazole rings is 1. The number of nitrogens with two attached hydrogens (primary N) is 2. The summed E-state index contributed by atoms with van der Waals surface area (Å²) in [5.74, 6) is 0.636. The highest BCUT2D eigenvalue weighted by atomic mass is 32.2. The van der Waals surface area contributed by atoms with Crippen molar-refractivity contribution in [3.63, 3.8) is 0 Å². The minimum absolute atomic E-state index is 0.0193. The molecule has 0 spiro atoms. The third kappa shape index (κ3) is 6.72. The number of nitrogens with one attached hydrogen (secondary N) is 2. The van der Waals surface area contributed by atoms with E-state index in [2.05, 4.69) is 15.3 Å². The van der Waals surface area contributed by atoms with Crippen LogP contribution in [0.15, 0.2) is 12.5 Å². The zero-order chi connectivity index (χ0) is 14.1. The Balaban J connectivity index is 2.49. The minimum atomic E-state index is -0.226. The highest BCUT2D eigenvalue weighted by molar-refractivity contribution is 8.13. The Morgan fingerprint density at radius 2 is 2.42 bits per heavy atom. The van der Waals surface area contributed by atoms with Gasteiger partial charge in [-0.25, -0.2) is 4.98 Å². The molecule has 1 aromatic rings. The largest absolute Gasteiger partial charge is 0.348 e. The van der Waals surface area contributed by atoms with E-state index < -0.39 is 0 Å². The lowest BCUT2D eigenvalue weighted by molar-refractivity contribution is -0.112. The van der Waals surface area contributed by atoms with Crippen molar-refractivity contribution in [3.05, 3.63) is 18.2 Å². The van der Waals surface area contributed by atoms with Gasteiger partial charge in [-0.05, 0) is 26.4 Å². The maximum Gasteiger partial charge on any atom is 0.206 e. The van der Waals surface area contributed by atoms with E-state index in [1.807, 2.05) is 6.92 Å². The van der Waals surface area contributed by atoms with Gasteiger partial charge in [0, 0.05) is 30.1 Å². The molecule has 0 aliphatic carbocycles. The van der Waals surface area contributed by atoms with Crippen molar-refractivity contribution in [2.45, 2.75) is 31.8 Å². The molecular weight excluding hydrogens is 262 g/mol. The Bertz CT molecular complexity index is 355. The SMILES string of the molecule is CC(N)CSC(=O)[C@H](Cc1cnc[nH]1)NCCCN. The van der Waals surface area contributed by atoms with E-state index in [0.717, 1.165) is 18.7 Å². The Kier molecular flexibility index (Phi) is 7.73. The van der Waals surface area contributed by atoms with E-state index in [0.29, 0.717) is 18.7 Å². The number of hydrogen-bond acceptors (Lipinski definition) is 6. The van der Waals surface area contributed by atoms with Gasteiger partial charge in [0.25, 0.3) is 0 Å². The summed E-state index contributed by atoms with van der Waals surface area (Å²) >= 11 is 1.28. The highest BCUT2D eigenvalue weighted by Crippen LogP contribution is 2.10. The first-order valence-electron chi connectivity index (χ1n) is 6.46. The smallest absolute Gasteiger partial charge is 0.206 e. The van der Waals surface area contributed by atoms with Crippen LogP contribution in [-0.2, 0) is 11.2 Å². The summed E-state index contributed by atoms with van der Waals surface area (Å²) in [6, 6.07) is -0.207. The predicted molar refractivity (Wildman–Crippen MR) is 78.9 cm³/mol. The molecule has 6 N–H and O–H groups in total. The quantitative estimate of drug-likeness (QED) is 0.470. The molecule has 2 atom stereocenters. The molecule has 1 rings (SSSR count). The lowest BCUT2D eigenvalue weighted by Crippen LogP contribution is -2.39. The molecule has 0 radical (unpaired) electrons. The number of thioether (sulfide) groups is 1. The first-order chi connectivity index (χ1) is 9.13. The van der Waals surface area contributed by atoms with E-state index in [-0.39, 0.29) is 17.2 Å². The van der Waals surface area contributed by atoms with Crippen LogP contribution in [0.4, 0.5) is 0 Å². The lowest BCUT2D eigenvalue weighted by atomic mass is 10.2. The number of nitrogens with zero attached hydrogens (tertiary/aromatic N) is 1. The average molecular weight is 285 g/mol. The minimum Gasteiger partial charge on any atom is -0.348 e. The average Bonchev–Trinajstić information content (AvgIpc) is 2.88. The van der Waals surface area contributed by atoms with Gasteiger partial charge >= 0.3 is 0 Å². The van der Waals surface area contributed by atoms with E-state index in [1.165, 1.54) is 11.8 Å². The first kappa shape index (κ1) is 16.2. The van der Waals surface area contributed by atoms with Crippen LogP contribution < -0.4 is 16.8 Å². The molecule has 0 amide bonds. The zero-order valence-electron chi connectivity index (χ0n) is 11.3. The van der Waals surface area contributed by atoms with Crippen molar-refractivity contribution < 1.29 is 4.79 Å². The fraction of sp³-hybridized carbons (Fsp3) is 0.667. The van der Waals surface area contributed by atoms with Crippen LogP contribution in [-0.4, -0.2) is 46.0 Å². The van der Waals surface area contributed by atoms with Crippen molar-refractivity contribution in [2.75, 3.05) is 18.8 Å². The summed E-state index contributed by atoms with van der Waals surface area (Å²) in [7, 11) is 0. The monoisotopic (exact) mass is 285 g/mol. The summed E-state index contributed by atoms with van der Waals surface area (Å²) in [4.78, 5) is 19.1. The van der Waals surface area contributed by atoms with Gasteiger partial charge in [-0.3, -0.25) is 4.79 Å². The van der Waals surface area contributed by atoms with Crippen molar-refractivity contribution in [3.8, 4) is 0 Å². The number of H-pyrrole nitrogens is 1. The van der Waals surface area contributed by atoms with Crippen molar-refractivity contribution in [2.24, 2.45) is 11.5 Å². The number of aromatic amines is 1. The molecule has 0 bridgehead atoms. The molecule has 1 aromatic heterocycles. The van der Waals surface area contributed by atoms with E-state index in [1.54, 1.807) is 12.5 Å².